The van der Waals surface area contributed by atoms with E-state index in [2.05, 4.69) is 22.5 Å². The van der Waals surface area contributed by atoms with E-state index in [4.69, 9.17) is 11.6 Å². The van der Waals surface area contributed by atoms with E-state index in [1.165, 1.54) is 19.0 Å². The Balaban J connectivity index is 1.93. The summed E-state index contributed by atoms with van der Waals surface area (Å²) in [5.41, 5.74) is 0.492. The van der Waals surface area contributed by atoms with E-state index >= 15 is 0 Å². The van der Waals surface area contributed by atoms with Gasteiger partial charge in [-0.2, -0.15) is 0 Å². The lowest BCUT2D eigenvalue weighted by Crippen LogP contribution is -2.25. The van der Waals surface area contributed by atoms with Crippen molar-refractivity contribution in [3.8, 4) is 0 Å². The second kappa shape index (κ2) is 6.75. The zero-order valence-electron chi connectivity index (χ0n) is 11.2. The summed E-state index contributed by atoms with van der Waals surface area (Å²) >= 11 is 6.03. The normalized spacial score (nSPS) is 14.2. The topological polar surface area (TPSA) is 54.0 Å². The van der Waals surface area contributed by atoms with Crippen LogP contribution in [0.4, 0.5) is 5.82 Å². The quantitative estimate of drug-likeness (QED) is 0.807. The molecule has 0 atom stereocenters. The first-order chi connectivity index (χ1) is 9.20. The second-order valence-corrected chi connectivity index (χ2v) is 5.37. The number of amides is 1. The number of carbonyl (C=O) groups excluding carboxylic acids is 1. The van der Waals surface area contributed by atoms with Gasteiger partial charge in [-0.15, -0.1) is 0 Å². The van der Waals surface area contributed by atoms with Gasteiger partial charge in [-0.25, -0.2) is 4.98 Å². The third-order valence-electron chi connectivity index (χ3n) is 3.19. The first-order valence-corrected chi connectivity index (χ1v) is 7.26. The first-order valence-electron chi connectivity index (χ1n) is 6.88. The van der Waals surface area contributed by atoms with Gasteiger partial charge in [-0.05, 0) is 24.8 Å². The first kappa shape index (κ1) is 14.1. The van der Waals surface area contributed by atoms with Crippen LogP contribution in [0.25, 0.3) is 0 Å². The third-order valence-corrected chi connectivity index (χ3v) is 3.49. The van der Waals surface area contributed by atoms with Gasteiger partial charge >= 0.3 is 0 Å². The zero-order valence-corrected chi connectivity index (χ0v) is 12.0. The summed E-state index contributed by atoms with van der Waals surface area (Å²) in [5, 5.41) is 6.46. The zero-order chi connectivity index (χ0) is 13.7. The Morgan fingerprint density at radius 1 is 1.47 bits per heavy atom. The van der Waals surface area contributed by atoms with Crippen LogP contribution in [0.5, 0.6) is 0 Å². The van der Waals surface area contributed by atoms with Gasteiger partial charge < -0.3 is 10.6 Å². The van der Waals surface area contributed by atoms with E-state index in [-0.39, 0.29) is 5.91 Å². The van der Waals surface area contributed by atoms with Gasteiger partial charge in [0, 0.05) is 19.3 Å². The molecule has 0 unspecified atom stereocenters. The third kappa shape index (κ3) is 4.39. The molecule has 5 heteroatoms. The molecule has 1 aromatic heterocycles. The van der Waals surface area contributed by atoms with E-state index in [0.29, 0.717) is 16.4 Å². The SMILES string of the molecule is CCCNc1cc(C(=O)NCCC2CC2)c(Cl)cn1. The number of aromatic nitrogens is 1. The van der Waals surface area contributed by atoms with Crippen molar-refractivity contribution in [2.24, 2.45) is 5.92 Å². The Labute approximate surface area is 118 Å². The van der Waals surface area contributed by atoms with Gasteiger partial charge in [-0.3, -0.25) is 4.79 Å². The molecule has 1 saturated carbocycles. The Bertz CT molecular complexity index is 446. The Morgan fingerprint density at radius 2 is 2.26 bits per heavy atom. The fraction of sp³-hybridized carbons (Fsp3) is 0.571. The number of nitrogens with one attached hydrogen (secondary N) is 2. The molecule has 0 radical (unpaired) electrons. The number of rotatable bonds is 7. The van der Waals surface area contributed by atoms with Crippen molar-refractivity contribution in [3.63, 3.8) is 0 Å². The number of pyridine rings is 1. The maximum absolute atomic E-state index is 12.0. The Kier molecular flexibility index (Phi) is 5.02. The summed E-state index contributed by atoms with van der Waals surface area (Å²) in [4.78, 5) is 16.2. The minimum atomic E-state index is -0.118. The number of nitrogens with zero attached hydrogens (tertiary/aromatic N) is 1. The number of hydrogen-bond acceptors (Lipinski definition) is 3. The van der Waals surface area contributed by atoms with Crippen molar-refractivity contribution in [1.29, 1.82) is 0 Å². The van der Waals surface area contributed by atoms with E-state index in [0.717, 1.165) is 31.8 Å². The molecule has 0 aromatic carbocycles. The lowest BCUT2D eigenvalue weighted by Gasteiger charge is -2.09. The van der Waals surface area contributed by atoms with Gasteiger partial charge in [0.1, 0.15) is 5.82 Å². The molecular formula is C14H20ClN3O. The van der Waals surface area contributed by atoms with E-state index < -0.39 is 0 Å². The average Bonchev–Trinajstić information content (AvgIpc) is 3.21. The molecule has 0 spiro atoms. The van der Waals surface area contributed by atoms with E-state index in [9.17, 15) is 4.79 Å². The molecule has 4 nitrogen and oxygen atoms in total. The molecule has 2 N–H and O–H groups in total. The minimum absolute atomic E-state index is 0.118. The summed E-state index contributed by atoms with van der Waals surface area (Å²) in [7, 11) is 0. The molecule has 104 valence electrons. The molecule has 1 amide bonds. The monoisotopic (exact) mass is 281 g/mol. The Morgan fingerprint density at radius 3 is 2.95 bits per heavy atom. The van der Waals surface area contributed by atoms with Gasteiger partial charge in [-0.1, -0.05) is 31.4 Å². The highest BCUT2D eigenvalue weighted by molar-refractivity contribution is 6.33. The summed E-state index contributed by atoms with van der Waals surface area (Å²) in [6, 6.07) is 1.71. The molecule has 1 aliphatic rings. The van der Waals surface area contributed by atoms with Crippen LogP contribution in [0.3, 0.4) is 0 Å². The molecule has 2 rings (SSSR count). The lowest BCUT2D eigenvalue weighted by atomic mass is 10.2. The standard InChI is InChI=1S/C14H20ClN3O/c1-2-6-16-13-8-11(12(15)9-18-13)14(19)17-7-5-10-3-4-10/h8-10H,2-7H2,1H3,(H,16,18)(H,17,19). The predicted molar refractivity (Wildman–Crippen MR) is 77.7 cm³/mol. The smallest absolute Gasteiger partial charge is 0.252 e. The van der Waals surface area contributed by atoms with Crippen LogP contribution in [-0.4, -0.2) is 24.0 Å². The molecule has 1 heterocycles. The summed E-state index contributed by atoms with van der Waals surface area (Å²) in [6.45, 7) is 3.63. The van der Waals surface area contributed by atoms with Crippen LogP contribution < -0.4 is 10.6 Å². The molecule has 0 aliphatic heterocycles. The Hall–Kier alpha value is -1.29. The van der Waals surface area contributed by atoms with Crippen LogP contribution in [0, 0.1) is 5.92 Å². The summed E-state index contributed by atoms with van der Waals surface area (Å²) in [6.07, 6.45) is 6.20. The molecule has 1 aromatic rings. The fourth-order valence-electron chi connectivity index (χ4n) is 1.85. The minimum Gasteiger partial charge on any atom is -0.370 e. The van der Waals surface area contributed by atoms with Crippen molar-refractivity contribution >= 4 is 23.3 Å². The highest BCUT2D eigenvalue weighted by Gasteiger charge is 2.21. The lowest BCUT2D eigenvalue weighted by molar-refractivity contribution is 0.0953. The van der Waals surface area contributed by atoms with Crippen molar-refractivity contribution in [2.45, 2.75) is 32.6 Å². The molecule has 1 fully saturated rings. The van der Waals surface area contributed by atoms with Crippen LogP contribution in [0.1, 0.15) is 43.0 Å². The van der Waals surface area contributed by atoms with Crippen LogP contribution in [0.2, 0.25) is 5.02 Å². The van der Waals surface area contributed by atoms with Gasteiger partial charge in [0.25, 0.3) is 5.91 Å². The van der Waals surface area contributed by atoms with Crippen molar-refractivity contribution in [2.75, 3.05) is 18.4 Å². The summed E-state index contributed by atoms with van der Waals surface area (Å²) in [5.74, 6) is 1.39. The molecule has 0 saturated heterocycles. The molecular weight excluding hydrogens is 262 g/mol. The van der Waals surface area contributed by atoms with Crippen molar-refractivity contribution in [1.82, 2.24) is 10.3 Å². The number of halogens is 1. The summed E-state index contributed by atoms with van der Waals surface area (Å²) < 4.78 is 0. The largest absolute Gasteiger partial charge is 0.370 e. The van der Waals surface area contributed by atoms with Gasteiger partial charge in [0.05, 0.1) is 10.6 Å². The van der Waals surface area contributed by atoms with E-state index in [1.54, 1.807) is 6.07 Å². The van der Waals surface area contributed by atoms with Crippen molar-refractivity contribution in [3.05, 3.63) is 22.8 Å². The van der Waals surface area contributed by atoms with Crippen LogP contribution in [0.15, 0.2) is 12.3 Å². The van der Waals surface area contributed by atoms with Crippen LogP contribution >= 0.6 is 11.6 Å². The predicted octanol–water partition coefficient (Wildman–Crippen LogP) is 3.09. The van der Waals surface area contributed by atoms with Crippen LogP contribution in [-0.2, 0) is 0 Å². The average molecular weight is 282 g/mol. The molecule has 0 bridgehead atoms. The van der Waals surface area contributed by atoms with Crippen molar-refractivity contribution < 1.29 is 4.79 Å². The molecule has 1 aliphatic carbocycles. The maximum Gasteiger partial charge on any atom is 0.252 e. The second-order valence-electron chi connectivity index (χ2n) is 4.96. The number of hydrogen-bond donors (Lipinski definition) is 2. The molecule has 19 heavy (non-hydrogen) atoms. The fourth-order valence-corrected chi connectivity index (χ4v) is 2.04. The van der Waals surface area contributed by atoms with E-state index in [1.807, 2.05) is 0 Å². The highest BCUT2D eigenvalue weighted by atomic mass is 35.5. The maximum atomic E-state index is 12.0. The number of carbonyl (C=O) groups is 1. The van der Waals surface area contributed by atoms with Gasteiger partial charge in [0.2, 0.25) is 0 Å². The van der Waals surface area contributed by atoms with Gasteiger partial charge in [0.15, 0.2) is 0 Å². The number of anilines is 1. The highest BCUT2D eigenvalue weighted by Crippen LogP contribution is 2.31.